The summed E-state index contributed by atoms with van der Waals surface area (Å²) in [5.41, 5.74) is 7.59. The summed E-state index contributed by atoms with van der Waals surface area (Å²) in [5.74, 6) is -0.415. The number of aryl methyl sites for hydroxylation is 1. The maximum atomic E-state index is 12.0. The number of nitriles is 2. The molecule has 2 N–H and O–H groups in total. The number of hydrogen-bond donors (Lipinski definition) is 1. The van der Waals surface area contributed by atoms with Crippen molar-refractivity contribution in [1.29, 1.82) is 10.5 Å². The molecular formula is C13H14N4O. The predicted octanol–water partition coefficient (Wildman–Crippen LogP) is 0.871. The van der Waals surface area contributed by atoms with Crippen molar-refractivity contribution in [2.45, 2.75) is 13.0 Å². The van der Waals surface area contributed by atoms with Crippen LogP contribution in [-0.4, -0.2) is 23.9 Å². The first-order chi connectivity index (χ1) is 8.60. The topological polar surface area (TPSA) is 93.9 Å². The number of benzene rings is 1. The van der Waals surface area contributed by atoms with Gasteiger partial charge in [0, 0.05) is 0 Å². The third kappa shape index (κ3) is 3.31. The maximum Gasteiger partial charge on any atom is 0.245 e. The number of hydrogen-bond acceptors (Lipinski definition) is 4. The highest BCUT2D eigenvalue weighted by atomic mass is 16.2. The first-order valence-corrected chi connectivity index (χ1v) is 5.45. The van der Waals surface area contributed by atoms with Gasteiger partial charge in [0.15, 0.2) is 0 Å². The quantitative estimate of drug-likeness (QED) is 0.792. The van der Waals surface area contributed by atoms with Crippen LogP contribution in [0.5, 0.6) is 0 Å². The van der Waals surface area contributed by atoms with Gasteiger partial charge in [0.2, 0.25) is 5.91 Å². The highest BCUT2D eigenvalue weighted by Crippen LogP contribution is 2.14. The highest BCUT2D eigenvalue weighted by molar-refractivity contribution is 5.83. The minimum Gasteiger partial charge on any atom is -0.316 e. The van der Waals surface area contributed by atoms with E-state index < -0.39 is 11.9 Å². The van der Waals surface area contributed by atoms with Crippen molar-refractivity contribution in [3.8, 4) is 12.1 Å². The molecule has 0 aromatic heterocycles. The zero-order valence-electron chi connectivity index (χ0n) is 10.1. The predicted molar refractivity (Wildman–Crippen MR) is 65.9 cm³/mol. The van der Waals surface area contributed by atoms with Crippen molar-refractivity contribution >= 4 is 5.91 Å². The first kappa shape index (κ1) is 13.7. The Hall–Kier alpha value is -2.37. The number of amides is 1. The Morgan fingerprint density at radius 1 is 1.28 bits per heavy atom. The summed E-state index contributed by atoms with van der Waals surface area (Å²) < 4.78 is 0. The zero-order valence-corrected chi connectivity index (χ0v) is 10.1. The molecule has 1 unspecified atom stereocenters. The van der Waals surface area contributed by atoms with Crippen LogP contribution in [0.4, 0.5) is 0 Å². The molecule has 1 aromatic rings. The molecule has 5 heteroatoms. The lowest BCUT2D eigenvalue weighted by atomic mass is 10.0. The van der Waals surface area contributed by atoms with E-state index in [1.807, 2.05) is 31.2 Å². The zero-order chi connectivity index (χ0) is 13.5. The molecule has 0 aliphatic rings. The van der Waals surface area contributed by atoms with Crippen molar-refractivity contribution in [3.63, 3.8) is 0 Å². The van der Waals surface area contributed by atoms with Gasteiger partial charge in [-0.2, -0.15) is 10.5 Å². The molecule has 0 aliphatic carbocycles. The fourth-order valence-electron chi connectivity index (χ4n) is 1.50. The van der Waals surface area contributed by atoms with E-state index in [-0.39, 0.29) is 13.1 Å². The molecule has 1 rings (SSSR count). The molecule has 0 radical (unpaired) electrons. The van der Waals surface area contributed by atoms with Gasteiger partial charge in [-0.25, -0.2) is 0 Å². The van der Waals surface area contributed by atoms with E-state index in [1.54, 1.807) is 12.1 Å². The molecule has 0 saturated heterocycles. The van der Waals surface area contributed by atoms with Crippen LogP contribution in [0.2, 0.25) is 0 Å². The van der Waals surface area contributed by atoms with Gasteiger partial charge < -0.3 is 10.6 Å². The van der Waals surface area contributed by atoms with Crippen LogP contribution < -0.4 is 5.73 Å². The van der Waals surface area contributed by atoms with Crippen LogP contribution in [0.3, 0.4) is 0 Å². The average Bonchev–Trinajstić information content (AvgIpc) is 2.38. The number of nitrogens with two attached hydrogens (primary N) is 1. The van der Waals surface area contributed by atoms with Crippen molar-refractivity contribution in [1.82, 2.24) is 4.90 Å². The Morgan fingerprint density at radius 2 is 1.78 bits per heavy atom. The normalized spacial score (nSPS) is 11.1. The lowest BCUT2D eigenvalue weighted by molar-refractivity contribution is -0.131. The standard InChI is InChI=1S/C13H14N4O/c1-10-2-4-11(5-3-10)12(16)13(18)17(8-6-14)9-7-15/h2-5,12H,8-9,16H2,1H3. The van der Waals surface area contributed by atoms with Crippen LogP contribution in [-0.2, 0) is 4.79 Å². The molecule has 18 heavy (non-hydrogen) atoms. The van der Waals surface area contributed by atoms with Gasteiger partial charge in [-0.15, -0.1) is 0 Å². The molecule has 92 valence electrons. The first-order valence-electron chi connectivity index (χ1n) is 5.45. The van der Waals surface area contributed by atoms with Crippen LogP contribution >= 0.6 is 0 Å². The lowest BCUT2D eigenvalue weighted by Gasteiger charge is -2.20. The average molecular weight is 242 g/mol. The summed E-state index contributed by atoms with van der Waals surface area (Å²) >= 11 is 0. The fourth-order valence-corrected chi connectivity index (χ4v) is 1.50. The third-order valence-electron chi connectivity index (χ3n) is 2.54. The van der Waals surface area contributed by atoms with Crippen molar-refractivity contribution in [3.05, 3.63) is 35.4 Å². The van der Waals surface area contributed by atoms with E-state index in [9.17, 15) is 4.79 Å². The molecule has 0 heterocycles. The van der Waals surface area contributed by atoms with Gasteiger partial charge in [0.1, 0.15) is 19.1 Å². The molecule has 1 atom stereocenters. The number of nitrogens with zero attached hydrogens (tertiary/aromatic N) is 3. The second-order valence-electron chi connectivity index (χ2n) is 3.90. The molecule has 0 bridgehead atoms. The Morgan fingerprint density at radius 3 is 2.22 bits per heavy atom. The summed E-state index contributed by atoms with van der Waals surface area (Å²) in [6.07, 6.45) is 0. The largest absolute Gasteiger partial charge is 0.316 e. The van der Waals surface area contributed by atoms with Crippen molar-refractivity contribution in [2.75, 3.05) is 13.1 Å². The molecule has 5 nitrogen and oxygen atoms in total. The second kappa shape index (κ2) is 6.39. The Balaban J connectivity index is 2.85. The van der Waals surface area contributed by atoms with Crippen LogP contribution in [0, 0.1) is 29.6 Å². The van der Waals surface area contributed by atoms with Crippen LogP contribution in [0.25, 0.3) is 0 Å². The van der Waals surface area contributed by atoms with Gasteiger partial charge in [0.05, 0.1) is 12.1 Å². The molecular weight excluding hydrogens is 228 g/mol. The van der Waals surface area contributed by atoms with Crippen LogP contribution in [0.15, 0.2) is 24.3 Å². The van der Waals surface area contributed by atoms with Crippen molar-refractivity contribution in [2.24, 2.45) is 5.73 Å². The smallest absolute Gasteiger partial charge is 0.245 e. The van der Waals surface area contributed by atoms with E-state index in [1.165, 1.54) is 0 Å². The van der Waals surface area contributed by atoms with Gasteiger partial charge >= 0.3 is 0 Å². The highest BCUT2D eigenvalue weighted by Gasteiger charge is 2.21. The van der Waals surface area contributed by atoms with Gasteiger partial charge in [0.25, 0.3) is 0 Å². The Labute approximate surface area is 106 Å². The van der Waals surface area contributed by atoms with Gasteiger partial charge in [-0.1, -0.05) is 29.8 Å². The molecule has 0 spiro atoms. The summed E-state index contributed by atoms with van der Waals surface area (Å²) in [5, 5.41) is 17.2. The number of carbonyl (C=O) groups is 1. The summed E-state index contributed by atoms with van der Waals surface area (Å²) in [6, 6.07) is 10.1. The minimum atomic E-state index is -0.840. The fraction of sp³-hybridized carbons (Fsp3) is 0.308. The monoisotopic (exact) mass is 242 g/mol. The molecule has 0 fully saturated rings. The Kier molecular flexibility index (Phi) is 4.86. The van der Waals surface area contributed by atoms with Gasteiger partial charge in [-0.3, -0.25) is 4.79 Å². The van der Waals surface area contributed by atoms with Crippen LogP contribution in [0.1, 0.15) is 17.2 Å². The SMILES string of the molecule is Cc1ccc(C(N)C(=O)N(CC#N)CC#N)cc1. The third-order valence-corrected chi connectivity index (χ3v) is 2.54. The molecule has 1 aromatic carbocycles. The Bertz CT molecular complexity index is 479. The number of carbonyl (C=O) groups excluding carboxylic acids is 1. The lowest BCUT2D eigenvalue weighted by Crippen LogP contribution is -2.39. The van der Waals surface area contributed by atoms with Gasteiger partial charge in [-0.05, 0) is 12.5 Å². The summed E-state index contributed by atoms with van der Waals surface area (Å²) in [4.78, 5) is 13.2. The van der Waals surface area contributed by atoms with E-state index in [0.717, 1.165) is 10.5 Å². The van der Waals surface area contributed by atoms with E-state index in [0.29, 0.717) is 5.56 Å². The minimum absolute atomic E-state index is 0.133. The summed E-state index contributed by atoms with van der Waals surface area (Å²) in [6.45, 7) is 1.67. The van der Waals surface area contributed by atoms with Crippen molar-refractivity contribution < 1.29 is 4.79 Å². The van der Waals surface area contributed by atoms with E-state index >= 15 is 0 Å². The summed E-state index contributed by atoms with van der Waals surface area (Å²) in [7, 11) is 0. The molecule has 0 saturated carbocycles. The maximum absolute atomic E-state index is 12.0. The molecule has 0 aliphatic heterocycles. The van der Waals surface area contributed by atoms with E-state index in [4.69, 9.17) is 16.3 Å². The van der Waals surface area contributed by atoms with E-state index in [2.05, 4.69) is 0 Å². The number of rotatable bonds is 4. The second-order valence-corrected chi connectivity index (χ2v) is 3.90. The molecule has 1 amide bonds.